The van der Waals surface area contributed by atoms with Crippen LogP contribution in [0.1, 0.15) is 31.2 Å². The van der Waals surface area contributed by atoms with Gasteiger partial charge in [-0.05, 0) is 30.5 Å². The van der Waals surface area contributed by atoms with E-state index in [1.807, 2.05) is 12.1 Å². The van der Waals surface area contributed by atoms with Crippen molar-refractivity contribution in [3.63, 3.8) is 0 Å². The maximum Gasteiger partial charge on any atom is 0.156 e. The molecule has 0 radical (unpaired) electrons. The summed E-state index contributed by atoms with van der Waals surface area (Å²) in [6.45, 7) is 1.04. The zero-order valence-electron chi connectivity index (χ0n) is 10.7. The Balaban J connectivity index is 1.97. The van der Waals surface area contributed by atoms with Crippen molar-refractivity contribution in [2.75, 3.05) is 12.4 Å². The monoisotopic (exact) mass is 320 g/mol. The highest BCUT2D eigenvalue weighted by molar-refractivity contribution is 7.80. The molecule has 1 aliphatic carbocycles. The van der Waals surface area contributed by atoms with E-state index < -0.39 is 0 Å². The van der Waals surface area contributed by atoms with Crippen LogP contribution in [0, 0.1) is 0 Å². The molecule has 0 spiro atoms. The van der Waals surface area contributed by atoms with Crippen LogP contribution in [0.3, 0.4) is 0 Å². The molecular weight excluding hydrogens is 303 g/mol. The van der Waals surface area contributed by atoms with Crippen LogP contribution >= 0.6 is 35.8 Å². The van der Waals surface area contributed by atoms with Crippen molar-refractivity contribution in [3.05, 3.63) is 27.7 Å². The Labute approximate surface area is 129 Å². The first-order chi connectivity index (χ1) is 9.20. The maximum atomic E-state index is 6.18. The maximum absolute atomic E-state index is 6.18. The molecule has 1 aromatic rings. The van der Waals surface area contributed by atoms with Gasteiger partial charge < -0.3 is 9.47 Å². The third-order valence-electron chi connectivity index (χ3n) is 3.18. The Hall–Kier alpha value is -0.0900. The predicted molar refractivity (Wildman–Crippen MR) is 82.9 cm³/mol. The van der Waals surface area contributed by atoms with Crippen molar-refractivity contribution in [3.8, 4) is 5.75 Å². The van der Waals surface area contributed by atoms with E-state index >= 15 is 0 Å². The number of ether oxygens (including phenoxy) is 2. The average molecular weight is 321 g/mol. The molecule has 0 N–H and O–H groups in total. The first-order valence-electron chi connectivity index (χ1n) is 6.54. The largest absolute Gasteiger partial charge is 0.490 e. The molecule has 1 aliphatic rings. The van der Waals surface area contributed by atoms with Crippen LogP contribution in [0.4, 0.5) is 0 Å². The summed E-state index contributed by atoms with van der Waals surface area (Å²) in [5.74, 6) is 1.15. The van der Waals surface area contributed by atoms with Crippen LogP contribution in [-0.4, -0.2) is 18.5 Å². The van der Waals surface area contributed by atoms with Crippen LogP contribution in [0.15, 0.2) is 12.1 Å². The molecule has 106 valence electrons. The average Bonchev–Trinajstić information content (AvgIpc) is 2.88. The van der Waals surface area contributed by atoms with Crippen molar-refractivity contribution in [2.45, 2.75) is 38.4 Å². The van der Waals surface area contributed by atoms with Gasteiger partial charge in [0.05, 0.1) is 29.4 Å². The number of halogens is 2. The Bertz CT molecular complexity index is 397. The van der Waals surface area contributed by atoms with Crippen molar-refractivity contribution in [1.29, 1.82) is 0 Å². The van der Waals surface area contributed by atoms with E-state index in [0.717, 1.165) is 18.4 Å². The minimum atomic E-state index is 0.387. The lowest BCUT2D eigenvalue weighted by atomic mass is 10.2. The highest BCUT2D eigenvalue weighted by Crippen LogP contribution is 2.34. The number of hydrogen-bond donors (Lipinski definition) is 1. The third kappa shape index (κ3) is 4.45. The van der Waals surface area contributed by atoms with Gasteiger partial charge in [0.25, 0.3) is 0 Å². The topological polar surface area (TPSA) is 18.5 Å². The summed E-state index contributed by atoms with van der Waals surface area (Å²) in [4.78, 5) is 0. The second-order valence-corrected chi connectivity index (χ2v) is 5.94. The molecule has 1 fully saturated rings. The number of rotatable bonds is 6. The Morgan fingerprint density at radius 1 is 1.16 bits per heavy atom. The Kier molecular flexibility index (Phi) is 6.14. The highest BCUT2D eigenvalue weighted by atomic mass is 35.5. The van der Waals surface area contributed by atoms with Crippen LogP contribution < -0.4 is 4.74 Å². The van der Waals surface area contributed by atoms with E-state index in [1.54, 1.807) is 0 Å². The Morgan fingerprint density at radius 2 is 1.79 bits per heavy atom. The smallest absolute Gasteiger partial charge is 0.156 e. The molecule has 19 heavy (non-hydrogen) atoms. The Morgan fingerprint density at radius 3 is 2.37 bits per heavy atom. The standard InChI is InChI=1S/C14H18Cl2O2S/c15-12-7-10(9-18-11-3-1-2-4-11)8-13(16)14(12)17-5-6-19/h7-8,11,19H,1-6,9H2. The predicted octanol–water partition coefficient (Wildman–Crippen LogP) is 4.76. The molecule has 2 nitrogen and oxygen atoms in total. The van der Waals surface area contributed by atoms with E-state index in [9.17, 15) is 0 Å². The first kappa shape index (κ1) is 15.3. The van der Waals surface area contributed by atoms with E-state index in [4.69, 9.17) is 32.7 Å². The summed E-state index contributed by atoms with van der Waals surface area (Å²) in [6, 6.07) is 3.71. The van der Waals surface area contributed by atoms with Crippen molar-refractivity contribution < 1.29 is 9.47 Å². The molecule has 0 saturated heterocycles. The van der Waals surface area contributed by atoms with Gasteiger partial charge in [-0.15, -0.1) is 0 Å². The van der Waals surface area contributed by atoms with Gasteiger partial charge in [-0.3, -0.25) is 0 Å². The molecule has 2 rings (SSSR count). The molecule has 5 heteroatoms. The second kappa shape index (κ2) is 7.63. The molecule has 0 bridgehead atoms. The summed E-state index contributed by atoms with van der Waals surface area (Å²) in [7, 11) is 0. The normalized spacial score (nSPS) is 15.9. The van der Waals surface area contributed by atoms with Crippen molar-refractivity contribution >= 4 is 35.8 Å². The zero-order valence-corrected chi connectivity index (χ0v) is 13.1. The molecular formula is C14H18Cl2O2S. The molecule has 1 saturated carbocycles. The molecule has 0 aromatic heterocycles. The molecule has 1 aromatic carbocycles. The molecule has 0 heterocycles. The fourth-order valence-electron chi connectivity index (χ4n) is 2.25. The van der Waals surface area contributed by atoms with Crippen LogP contribution in [0.2, 0.25) is 10.0 Å². The quantitative estimate of drug-likeness (QED) is 0.762. The first-order valence-corrected chi connectivity index (χ1v) is 7.92. The summed E-state index contributed by atoms with van der Waals surface area (Å²) in [5.41, 5.74) is 0.986. The van der Waals surface area contributed by atoms with E-state index in [0.29, 0.717) is 40.9 Å². The molecule has 0 atom stereocenters. The molecule has 0 unspecified atom stereocenters. The highest BCUT2D eigenvalue weighted by Gasteiger charge is 2.16. The lowest BCUT2D eigenvalue weighted by Gasteiger charge is -2.14. The van der Waals surface area contributed by atoms with E-state index in [-0.39, 0.29) is 0 Å². The van der Waals surface area contributed by atoms with Gasteiger partial charge in [-0.1, -0.05) is 36.0 Å². The van der Waals surface area contributed by atoms with Crippen LogP contribution in [0.5, 0.6) is 5.75 Å². The van der Waals surface area contributed by atoms with E-state index in [1.165, 1.54) is 12.8 Å². The lowest BCUT2D eigenvalue weighted by Crippen LogP contribution is -2.07. The zero-order chi connectivity index (χ0) is 13.7. The fraction of sp³-hybridized carbons (Fsp3) is 0.571. The van der Waals surface area contributed by atoms with Crippen molar-refractivity contribution in [1.82, 2.24) is 0 Å². The second-order valence-electron chi connectivity index (χ2n) is 4.68. The summed E-state index contributed by atoms with van der Waals surface area (Å²) in [5, 5.41) is 1.05. The van der Waals surface area contributed by atoms with Gasteiger partial charge in [0.2, 0.25) is 0 Å². The third-order valence-corrected chi connectivity index (χ3v) is 3.93. The van der Waals surface area contributed by atoms with Crippen molar-refractivity contribution in [2.24, 2.45) is 0 Å². The number of thiol groups is 1. The SMILES string of the molecule is SCCOc1c(Cl)cc(COC2CCCC2)cc1Cl. The van der Waals surface area contributed by atoms with E-state index in [2.05, 4.69) is 12.6 Å². The minimum absolute atomic E-state index is 0.387. The van der Waals surface area contributed by atoms with Gasteiger partial charge in [0.15, 0.2) is 5.75 Å². The van der Waals surface area contributed by atoms with Gasteiger partial charge in [-0.2, -0.15) is 12.6 Å². The molecule has 0 aliphatic heterocycles. The van der Waals surface area contributed by atoms with Gasteiger partial charge >= 0.3 is 0 Å². The summed E-state index contributed by atoms with van der Waals surface area (Å²) in [6.07, 6.45) is 5.23. The number of benzene rings is 1. The lowest BCUT2D eigenvalue weighted by molar-refractivity contribution is 0.0457. The van der Waals surface area contributed by atoms with Gasteiger partial charge in [0.1, 0.15) is 0 Å². The van der Waals surface area contributed by atoms with Crippen LogP contribution in [0.25, 0.3) is 0 Å². The summed E-state index contributed by atoms with van der Waals surface area (Å²) < 4.78 is 11.3. The van der Waals surface area contributed by atoms with Gasteiger partial charge in [-0.25, -0.2) is 0 Å². The number of hydrogen-bond acceptors (Lipinski definition) is 3. The molecule has 0 amide bonds. The van der Waals surface area contributed by atoms with Crippen LogP contribution in [-0.2, 0) is 11.3 Å². The fourth-order valence-corrected chi connectivity index (χ4v) is 2.98. The summed E-state index contributed by atoms with van der Waals surface area (Å²) >= 11 is 16.4. The minimum Gasteiger partial charge on any atom is -0.490 e. The van der Waals surface area contributed by atoms with Gasteiger partial charge in [0, 0.05) is 5.75 Å².